The van der Waals surface area contributed by atoms with E-state index in [9.17, 15) is 14.4 Å². The van der Waals surface area contributed by atoms with Crippen LogP contribution in [0, 0.1) is 6.92 Å². The van der Waals surface area contributed by atoms with Gasteiger partial charge in [-0.05, 0) is 24.4 Å². The minimum absolute atomic E-state index is 0.164. The maximum atomic E-state index is 13.1. The van der Waals surface area contributed by atoms with Gasteiger partial charge in [0.15, 0.2) is 0 Å². The summed E-state index contributed by atoms with van der Waals surface area (Å²) < 4.78 is 13.9. The molecule has 32 heavy (non-hydrogen) atoms. The van der Waals surface area contributed by atoms with Crippen LogP contribution in [0.1, 0.15) is 37.1 Å². The predicted octanol–water partition coefficient (Wildman–Crippen LogP) is 2.02. The van der Waals surface area contributed by atoms with Gasteiger partial charge in [-0.15, -0.1) is 11.3 Å². The molecule has 0 aromatic carbocycles. The fourth-order valence-electron chi connectivity index (χ4n) is 3.90. The number of hydrogen-bond acceptors (Lipinski definition) is 7. The molecule has 0 N–H and O–H groups in total. The zero-order chi connectivity index (χ0) is 22.8. The van der Waals surface area contributed by atoms with Crippen molar-refractivity contribution in [2.75, 3.05) is 20.2 Å². The van der Waals surface area contributed by atoms with E-state index in [0.29, 0.717) is 30.9 Å². The number of esters is 1. The monoisotopic (exact) mass is 456 g/mol. The number of carbonyl (C=O) groups excluding carboxylic acids is 2. The molecule has 4 rings (SSSR count). The molecule has 0 aliphatic carbocycles. The molecular formula is C22H24N4O5S. The van der Waals surface area contributed by atoms with Crippen LogP contribution in [-0.2, 0) is 31.4 Å². The Morgan fingerprint density at radius 3 is 2.69 bits per heavy atom. The Labute approximate surface area is 188 Å². The number of hydrogen-bond donors (Lipinski definition) is 0. The number of nitrogens with zero attached hydrogens (tertiary/aromatic N) is 4. The van der Waals surface area contributed by atoms with Crippen LogP contribution in [0.25, 0.3) is 0 Å². The molecule has 0 saturated carbocycles. The van der Waals surface area contributed by atoms with Crippen LogP contribution in [0.15, 0.2) is 34.4 Å². The lowest BCUT2D eigenvalue weighted by atomic mass is 10.1. The zero-order valence-corrected chi connectivity index (χ0v) is 19.0. The van der Waals surface area contributed by atoms with Crippen molar-refractivity contribution in [1.82, 2.24) is 19.2 Å². The normalized spacial score (nSPS) is 13.4. The Bertz CT molecular complexity index is 1210. The van der Waals surface area contributed by atoms with Gasteiger partial charge in [-0.1, -0.05) is 6.07 Å². The first-order valence-electron chi connectivity index (χ1n) is 10.2. The summed E-state index contributed by atoms with van der Waals surface area (Å²) in [5.41, 5.74) is 1.70. The second-order valence-corrected chi connectivity index (χ2v) is 8.55. The lowest BCUT2D eigenvalue weighted by Crippen LogP contribution is -2.35. The minimum atomic E-state index is -0.572. The number of rotatable bonds is 5. The molecule has 9 nitrogen and oxygen atoms in total. The van der Waals surface area contributed by atoms with Crippen molar-refractivity contribution in [1.29, 1.82) is 0 Å². The van der Waals surface area contributed by atoms with E-state index in [1.807, 2.05) is 24.4 Å². The smallest absolute Gasteiger partial charge is 0.343 e. The Morgan fingerprint density at radius 1 is 1.22 bits per heavy atom. The van der Waals surface area contributed by atoms with Gasteiger partial charge in [0.1, 0.15) is 23.6 Å². The van der Waals surface area contributed by atoms with Crippen LogP contribution in [0.4, 0.5) is 0 Å². The first-order valence-corrected chi connectivity index (χ1v) is 11.1. The molecule has 10 heteroatoms. The highest BCUT2D eigenvalue weighted by Gasteiger charge is 2.28. The molecule has 3 aromatic heterocycles. The SMILES string of the molecule is COC(=O)c1c(OCc2cccs2)cc(=O)n2c1CCN(C(=O)c1cc(C)nn1C)CC2. The summed E-state index contributed by atoms with van der Waals surface area (Å²) in [7, 11) is 3.02. The molecule has 0 fully saturated rings. The Balaban J connectivity index is 1.65. The Morgan fingerprint density at radius 2 is 2.03 bits per heavy atom. The molecule has 1 aliphatic rings. The van der Waals surface area contributed by atoms with Crippen LogP contribution in [0.2, 0.25) is 0 Å². The fourth-order valence-corrected chi connectivity index (χ4v) is 4.52. The molecule has 0 unspecified atom stereocenters. The average molecular weight is 457 g/mol. The van der Waals surface area contributed by atoms with Gasteiger partial charge < -0.3 is 18.9 Å². The number of ether oxygens (including phenoxy) is 2. The third kappa shape index (κ3) is 4.18. The molecule has 3 aromatic rings. The Kier molecular flexibility index (Phi) is 6.13. The summed E-state index contributed by atoms with van der Waals surface area (Å²) in [5, 5.41) is 6.17. The number of thiophene rings is 1. The molecule has 0 radical (unpaired) electrons. The maximum absolute atomic E-state index is 13.1. The van der Waals surface area contributed by atoms with Crippen LogP contribution < -0.4 is 10.3 Å². The summed E-state index contributed by atoms with van der Waals surface area (Å²) in [6.07, 6.45) is 0.318. The number of pyridine rings is 1. The number of methoxy groups -OCH3 is 1. The van der Waals surface area contributed by atoms with Gasteiger partial charge in [0.2, 0.25) is 0 Å². The van der Waals surface area contributed by atoms with Gasteiger partial charge in [-0.25, -0.2) is 4.79 Å². The summed E-state index contributed by atoms with van der Waals surface area (Å²) in [4.78, 5) is 41.3. The van der Waals surface area contributed by atoms with Crippen LogP contribution in [-0.4, -0.2) is 51.3 Å². The van der Waals surface area contributed by atoms with Gasteiger partial charge in [-0.2, -0.15) is 5.10 Å². The molecule has 0 atom stereocenters. The standard InChI is InChI=1S/C22H24N4O5S/c1-14-11-17(24(2)23-14)21(28)25-7-6-16-20(22(29)30-3)18(12-19(27)26(16)9-8-25)31-13-15-5-4-10-32-15/h4-5,10-12H,6-9,13H2,1-3H3. The van der Waals surface area contributed by atoms with Crippen molar-refractivity contribution in [3.05, 3.63) is 67.5 Å². The molecule has 1 amide bonds. The zero-order valence-electron chi connectivity index (χ0n) is 18.2. The maximum Gasteiger partial charge on any atom is 0.343 e. The second-order valence-electron chi connectivity index (χ2n) is 7.52. The van der Waals surface area contributed by atoms with E-state index >= 15 is 0 Å². The van der Waals surface area contributed by atoms with Crippen molar-refractivity contribution in [3.8, 4) is 5.75 Å². The lowest BCUT2D eigenvalue weighted by Gasteiger charge is -2.19. The van der Waals surface area contributed by atoms with Crippen LogP contribution in [0.5, 0.6) is 5.75 Å². The van der Waals surface area contributed by atoms with Gasteiger partial charge >= 0.3 is 5.97 Å². The van der Waals surface area contributed by atoms with Crippen molar-refractivity contribution in [2.24, 2.45) is 7.05 Å². The number of amides is 1. The molecular weight excluding hydrogens is 432 g/mol. The highest BCUT2D eigenvalue weighted by Crippen LogP contribution is 2.26. The van der Waals surface area contributed by atoms with E-state index in [1.54, 1.807) is 22.7 Å². The summed E-state index contributed by atoms with van der Waals surface area (Å²) in [6, 6.07) is 6.89. The van der Waals surface area contributed by atoms with Gasteiger partial charge in [0, 0.05) is 49.7 Å². The largest absolute Gasteiger partial charge is 0.487 e. The van der Waals surface area contributed by atoms with Gasteiger partial charge in [0.05, 0.1) is 12.8 Å². The van der Waals surface area contributed by atoms with Crippen molar-refractivity contribution >= 4 is 23.2 Å². The number of aryl methyl sites for hydroxylation is 2. The van der Waals surface area contributed by atoms with E-state index in [4.69, 9.17) is 9.47 Å². The predicted molar refractivity (Wildman–Crippen MR) is 118 cm³/mol. The molecule has 4 heterocycles. The molecule has 0 spiro atoms. The first-order chi connectivity index (χ1) is 15.4. The third-order valence-electron chi connectivity index (χ3n) is 5.44. The van der Waals surface area contributed by atoms with Gasteiger partial charge in [0.25, 0.3) is 11.5 Å². The summed E-state index contributed by atoms with van der Waals surface area (Å²) in [6.45, 7) is 3.03. The van der Waals surface area contributed by atoms with Gasteiger partial charge in [-0.3, -0.25) is 14.3 Å². The molecule has 168 valence electrons. The topological polar surface area (TPSA) is 95.7 Å². The third-order valence-corrected chi connectivity index (χ3v) is 6.29. The van der Waals surface area contributed by atoms with E-state index in [2.05, 4.69) is 5.10 Å². The average Bonchev–Trinajstić information content (AvgIpc) is 3.34. The highest BCUT2D eigenvalue weighted by molar-refractivity contribution is 7.09. The Hall–Kier alpha value is -3.40. The first kappa shape index (κ1) is 21.8. The van der Waals surface area contributed by atoms with E-state index in [-0.39, 0.29) is 35.9 Å². The van der Waals surface area contributed by atoms with Crippen molar-refractivity contribution < 1.29 is 19.1 Å². The van der Waals surface area contributed by atoms with Crippen molar-refractivity contribution in [3.63, 3.8) is 0 Å². The summed E-state index contributed by atoms with van der Waals surface area (Å²) >= 11 is 1.53. The fraction of sp³-hybridized carbons (Fsp3) is 0.364. The quantitative estimate of drug-likeness (QED) is 0.545. The summed E-state index contributed by atoms with van der Waals surface area (Å²) in [5.74, 6) is -0.539. The van der Waals surface area contributed by atoms with E-state index in [1.165, 1.54) is 29.1 Å². The van der Waals surface area contributed by atoms with Crippen LogP contribution >= 0.6 is 11.3 Å². The van der Waals surface area contributed by atoms with Crippen molar-refractivity contribution in [2.45, 2.75) is 26.5 Å². The molecule has 1 aliphatic heterocycles. The number of fused-ring (bicyclic) bond motifs is 1. The molecule has 0 bridgehead atoms. The van der Waals surface area contributed by atoms with E-state index < -0.39 is 5.97 Å². The number of carbonyl (C=O) groups is 2. The van der Waals surface area contributed by atoms with E-state index in [0.717, 1.165) is 10.6 Å². The van der Waals surface area contributed by atoms with Crippen LogP contribution in [0.3, 0.4) is 0 Å². The number of aromatic nitrogens is 3. The minimum Gasteiger partial charge on any atom is -0.487 e. The molecule has 0 saturated heterocycles. The second kappa shape index (κ2) is 8.99. The highest BCUT2D eigenvalue weighted by atomic mass is 32.1. The lowest BCUT2D eigenvalue weighted by molar-refractivity contribution is 0.0592.